The number of hydrogen-bond donors (Lipinski definition) is 1. The second kappa shape index (κ2) is 4.81. The Hall–Kier alpha value is -1.62. The SMILES string of the molecule is COc1cc(Cc2sc(N)nc2C2CC2)ccc1F. The Kier molecular flexibility index (Phi) is 3.14. The monoisotopic (exact) mass is 278 g/mol. The molecule has 1 aliphatic rings. The summed E-state index contributed by atoms with van der Waals surface area (Å²) in [5.74, 6) is 0.520. The molecule has 3 nitrogen and oxygen atoms in total. The molecule has 1 heterocycles. The fraction of sp³-hybridized carbons (Fsp3) is 0.357. The topological polar surface area (TPSA) is 48.1 Å². The number of anilines is 1. The number of halogens is 1. The lowest BCUT2D eigenvalue weighted by Crippen LogP contribution is -1.94. The van der Waals surface area contributed by atoms with E-state index in [0.717, 1.165) is 17.7 Å². The van der Waals surface area contributed by atoms with Crippen molar-refractivity contribution in [1.82, 2.24) is 4.98 Å². The molecule has 1 aliphatic carbocycles. The number of methoxy groups -OCH3 is 1. The van der Waals surface area contributed by atoms with Crippen molar-refractivity contribution in [2.45, 2.75) is 25.2 Å². The molecule has 3 rings (SSSR count). The highest BCUT2D eigenvalue weighted by Gasteiger charge is 2.29. The third-order valence-electron chi connectivity index (χ3n) is 3.29. The molecular weight excluding hydrogens is 263 g/mol. The van der Waals surface area contributed by atoms with Crippen molar-refractivity contribution in [3.05, 3.63) is 40.2 Å². The van der Waals surface area contributed by atoms with Crippen LogP contribution in [0.1, 0.15) is 34.9 Å². The predicted molar refractivity (Wildman–Crippen MR) is 74.3 cm³/mol. The average Bonchev–Trinajstić information content (AvgIpc) is 3.17. The molecule has 0 unspecified atom stereocenters. The molecule has 1 fully saturated rings. The molecule has 1 aromatic heterocycles. The highest BCUT2D eigenvalue weighted by atomic mass is 32.1. The molecule has 0 aliphatic heterocycles. The molecule has 0 radical (unpaired) electrons. The highest BCUT2D eigenvalue weighted by molar-refractivity contribution is 7.15. The van der Waals surface area contributed by atoms with Gasteiger partial charge in [0.1, 0.15) is 0 Å². The van der Waals surface area contributed by atoms with E-state index in [2.05, 4.69) is 4.98 Å². The van der Waals surface area contributed by atoms with Gasteiger partial charge in [0, 0.05) is 17.2 Å². The van der Waals surface area contributed by atoms with Crippen LogP contribution in [0.15, 0.2) is 18.2 Å². The van der Waals surface area contributed by atoms with Gasteiger partial charge in [-0.15, -0.1) is 11.3 Å². The van der Waals surface area contributed by atoms with E-state index in [1.54, 1.807) is 12.1 Å². The van der Waals surface area contributed by atoms with Gasteiger partial charge in [-0.05, 0) is 30.5 Å². The van der Waals surface area contributed by atoms with Crippen LogP contribution in [0.2, 0.25) is 0 Å². The number of benzene rings is 1. The minimum absolute atomic E-state index is 0.281. The number of hydrogen-bond acceptors (Lipinski definition) is 4. The van der Waals surface area contributed by atoms with Crippen LogP contribution in [0.5, 0.6) is 5.75 Å². The lowest BCUT2D eigenvalue weighted by Gasteiger charge is -2.05. The molecule has 1 aromatic carbocycles. The minimum Gasteiger partial charge on any atom is -0.494 e. The predicted octanol–water partition coefficient (Wildman–Crippen LogP) is 3.34. The van der Waals surface area contributed by atoms with E-state index in [1.807, 2.05) is 0 Å². The zero-order valence-electron chi connectivity index (χ0n) is 10.6. The van der Waals surface area contributed by atoms with Crippen molar-refractivity contribution in [2.24, 2.45) is 0 Å². The maximum atomic E-state index is 13.4. The van der Waals surface area contributed by atoms with E-state index in [1.165, 1.54) is 42.2 Å². The third-order valence-corrected chi connectivity index (χ3v) is 4.19. The van der Waals surface area contributed by atoms with Gasteiger partial charge in [0.05, 0.1) is 12.8 Å². The van der Waals surface area contributed by atoms with E-state index in [0.29, 0.717) is 11.0 Å². The number of aromatic nitrogens is 1. The Balaban J connectivity index is 1.88. The molecule has 0 atom stereocenters. The van der Waals surface area contributed by atoms with Crippen LogP contribution in [-0.4, -0.2) is 12.1 Å². The summed E-state index contributed by atoms with van der Waals surface area (Å²) < 4.78 is 18.4. The maximum Gasteiger partial charge on any atom is 0.180 e. The zero-order valence-corrected chi connectivity index (χ0v) is 11.5. The molecule has 0 amide bonds. The summed E-state index contributed by atoms with van der Waals surface area (Å²) in [6.45, 7) is 0. The summed E-state index contributed by atoms with van der Waals surface area (Å²) in [6.07, 6.45) is 3.13. The van der Waals surface area contributed by atoms with E-state index in [9.17, 15) is 4.39 Å². The molecule has 1 saturated carbocycles. The summed E-state index contributed by atoms with van der Waals surface area (Å²) in [5.41, 5.74) is 7.95. The Morgan fingerprint density at radius 2 is 2.26 bits per heavy atom. The number of thiazole rings is 1. The number of nitrogen functional groups attached to an aromatic ring is 1. The van der Waals surface area contributed by atoms with Crippen LogP contribution >= 0.6 is 11.3 Å². The summed E-state index contributed by atoms with van der Waals surface area (Å²) in [5, 5.41) is 0.617. The third kappa shape index (κ3) is 2.56. The van der Waals surface area contributed by atoms with Crippen LogP contribution in [0.3, 0.4) is 0 Å². The number of rotatable bonds is 4. The normalized spacial score (nSPS) is 14.6. The standard InChI is InChI=1S/C14H15FN2OS/c1-18-11-6-8(2-5-10(11)15)7-12-13(9-3-4-9)17-14(16)19-12/h2,5-6,9H,3-4,7H2,1H3,(H2,16,17). The Labute approximate surface area is 115 Å². The highest BCUT2D eigenvalue weighted by Crippen LogP contribution is 2.43. The first-order chi connectivity index (χ1) is 9.17. The maximum absolute atomic E-state index is 13.4. The van der Waals surface area contributed by atoms with Crippen LogP contribution < -0.4 is 10.5 Å². The van der Waals surface area contributed by atoms with Crippen molar-refractivity contribution in [3.8, 4) is 5.75 Å². The van der Waals surface area contributed by atoms with Gasteiger partial charge < -0.3 is 10.5 Å². The van der Waals surface area contributed by atoms with E-state index in [-0.39, 0.29) is 11.6 Å². The zero-order chi connectivity index (χ0) is 13.4. The summed E-state index contributed by atoms with van der Waals surface area (Å²) >= 11 is 1.53. The van der Waals surface area contributed by atoms with Crippen LogP contribution in [0, 0.1) is 5.82 Å². The molecule has 5 heteroatoms. The quantitative estimate of drug-likeness (QED) is 0.933. The van der Waals surface area contributed by atoms with Gasteiger partial charge in [0.15, 0.2) is 16.7 Å². The number of ether oxygens (including phenoxy) is 1. The second-order valence-corrected chi connectivity index (χ2v) is 5.90. The first-order valence-corrected chi connectivity index (χ1v) is 7.06. The first-order valence-electron chi connectivity index (χ1n) is 6.25. The average molecular weight is 278 g/mol. The van der Waals surface area contributed by atoms with Crippen molar-refractivity contribution in [3.63, 3.8) is 0 Å². The van der Waals surface area contributed by atoms with Crippen molar-refractivity contribution in [1.29, 1.82) is 0 Å². The Bertz CT molecular complexity index is 607. The van der Waals surface area contributed by atoms with Crippen molar-refractivity contribution in [2.75, 3.05) is 12.8 Å². The molecule has 0 bridgehead atoms. The smallest absolute Gasteiger partial charge is 0.180 e. The molecule has 0 spiro atoms. The van der Waals surface area contributed by atoms with Gasteiger partial charge in [-0.2, -0.15) is 0 Å². The van der Waals surface area contributed by atoms with E-state index >= 15 is 0 Å². The molecule has 0 saturated heterocycles. The minimum atomic E-state index is -0.336. The summed E-state index contributed by atoms with van der Waals surface area (Å²) in [6, 6.07) is 4.96. The molecular formula is C14H15FN2OS. The van der Waals surface area contributed by atoms with Gasteiger partial charge in [0.2, 0.25) is 0 Å². The van der Waals surface area contributed by atoms with Crippen LogP contribution in [-0.2, 0) is 6.42 Å². The summed E-state index contributed by atoms with van der Waals surface area (Å²) in [7, 11) is 1.47. The van der Waals surface area contributed by atoms with Crippen molar-refractivity contribution < 1.29 is 9.13 Å². The fourth-order valence-corrected chi connectivity index (χ4v) is 3.14. The largest absolute Gasteiger partial charge is 0.494 e. The van der Waals surface area contributed by atoms with Gasteiger partial charge in [-0.25, -0.2) is 9.37 Å². The van der Waals surface area contributed by atoms with Crippen molar-refractivity contribution >= 4 is 16.5 Å². The summed E-state index contributed by atoms with van der Waals surface area (Å²) in [4.78, 5) is 5.61. The fourth-order valence-electron chi connectivity index (χ4n) is 2.18. The van der Waals surface area contributed by atoms with Gasteiger partial charge in [-0.1, -0.05) is 6.07 Å². The number of nitrogens with zero attached hydrogens (tertiary/aromatic N) is 1. The Morgan fingerprint density at radius 3 is 2.95 bits per heavy atom. The lowest BCUT2D eigenvalue weighted by atomic mass is 10.1. The number of nitrogens with two attached hydrogens (primary N) is 1. The second-order valence-electron chi connectivity index (χ2n) is 4.78. The molecule has 100 valence electrons. The van der Waals surface area contributed by atoms with Crippen LogP contribution in [0.25, 0.3) is 0 Å². The van der Waals surface area contributed by atoms with E-state index < -0.39 is 0 Å². The molecule has 2 aromatic rings. The molecule has 2 N–H and O–H groups in total. The lowest BCUT2D eigenvalue weighted by molar-refractivity contribution is 0.386. The van der Waals surface area contributed by atoms with Gasteiger partial charge in [-0.3, -0.25) is 0 Å². The van der Waals surface area contributed by atoms with Gasteiger partial charge in [0.25, 0.3) is 0 Å². The Morgan fingerprint density at radius 1 is 1.47 bits per heavy atom. The first kappa shape index (κ1) is 12.4. The van der Waals surface area contributed by atoms with Gasteiger partial charge >= 0.3 is 0 Å². The molecule has 19 heavy (non-hydrogen) atoms. The van der Waals surface area contributed by atoms with Crippen LogP contribution in [0.4, 0.5) is 9.52 Å². The van der Waals surface area contributed by atoms with E-state index in [4.69, 9.17) is 10.5 Å².